The van der Waals surface area contributed by atoms with E-state index in [1.807, 2.05) is 0 Å². The Labute approximate surface area is 133 Å². The summed E-state index contributed by atoms with van der Waals surface area (Å²) in [6.45, 7) is 6.78. The van der Waals surface area contributed by atoms with Crippen LogP contribution >= 0.6 is 0 Å². The highest BCUT2D eigenvalue weighted by Gasteiger charge is 2.56. The number of carbonyl (C=O) groups is 2. The standard InChI is InChI=1S/C20H26O2/c1-12-10-14-15-4-5-18(22)20(15,3)9-7-16(14)19(2)8-6-13(21)11-17(12)19/h7,14-15H,4-6,8-11H2,1-3H3/t14-,15-,19+,20-/m0/s1. The number of fused-ring (bicyclic) bond motifs is 5. The molecule has 0 unspecified atom stereocenters. The second kappa shape index (κ2) is 4.43. The van der Waals surface area contributed by atoms with Crippen LogP contribution in [0.5, 0.6) is 0 Å². The molecule has 0 amide bonds. The summed E-state index contributed by atoms with van der Waals surface area (Å²) in [6.07, 6.45) is 8.56. The van der Waals surface area contributed by atoms with E-state index in [0.29, 0.717) is 29.8 Å². The van der Waals surface area contributed by atoms with Crippen molar-refractivity contribution < 1.29 is 9.59 Å². The highest BCUT2D eigenvalue weighted by atomic mass is 16.1. The number of Topliss-reactive ketones (excluding diaryl/α,β-unsaturated/α-hetero) is 2. The van der Waals surface area contributed by atoms with Crippen molar-refractivity contribution in [3.8, 4) is 0 Å². The van der Waals surface area contributed by atoms with E-state index in [2.05, 4.69) is 26.8 Å². The number of hydrogen-bond donors (Lipinski definition) is 0. The molecular formula is C20H26O2. The predicted molar refractivity (Wildman–Crippen MR) is 86.3 cm³/mol. The van der Waals surface area contributed by atoms with Crippen LogP contribution in [0.25, 0.3) is 0 Å². The minimum Gasteiger partial charge on any atom is -0.299 e. The number of ketones is 2. The molecule has 118 valence electrons. The molecular weight excluding hydrogens is 272 g/mol. The zero-order valence-corrected chi connectivity index (χ0v) is 14.0. The molecule has 0 radical (unpaired) electrons. The fourth-order valence-electron chi connectivity index (χ4n) is 6.00. The summed E-state index contributed by atoms with van der Waals surface area (Å²) in [5.74, 6) is 1.94. The van der Waals surface area contributed by atoms with Crippen LogP contribution in [-0.4, -0.2) is 11.6 Å². The van der Waals surface area contributed by atoms with Crippen molar-refractivity contribution in [3.05, 3.63) is 22.8 Å². The average molecular weight is 298 g/mol. The van der Waals surface area contributed by atoms with Crippen molar-refractivity contribution in [2.45, 2.75) is 65.7 Å². The largest absolute Gasteiger partial charge is 0.299 e. The Balaban J connectivity index is 1.81. The summed E-state index contributed by atoms with van der Waals surface area (Å²) < 4.78 is 0. The summed E-state index contributed by atoms with van der Waals surface area (Å²) in [4.78, 5) is 24.4. The van der Waals surface area contributed by atoms with Crippen LogP contribution in [-0.2, 0) is 9.59 Å². The van der Waals surface area contributed by atoms with Gasteiger partial charge >= 0.3 is 0 Å². The van der Waals surface area contributed by atoms with Crippen LogP contribution in [0, 0.1) is 22.7 Å². The molecule has 4 atom stereocenters. The van der Waals surface area contributed by atoms with E-state index in [-0.39, 0.29) is 10.8 Å². The van der Waals surface area contributed by atoms with Gasteiger partial charge in [0.25, 0.3) is 0 Å². The van der Waals surface area contributed by atoms with E-state index >= 15 is 0 Å². The molecule has 0 saturated heterocycles. The minimum atomic E-state index is -0.118. The highest BCUT2D eigenvalue weighted by molar-refractivity contribution is 5.88. The van der Waals surface area contributed by atoms with E-state index in [1.165, 1.54) is 11.1 Å². The second-order valence-corrected chi connectivity index (χ2v) is 8.47. The van der Waals surface area contributed by atoms with E-state index in [9.17, 15) is 9.59 Å². The SMILES string of the molecule is CC1=C2CC(=O)CC[C@]2(C)C2=CC[C@]3(C)C(=O)CC[C@H]3[C@@H]2C1. The maximum absolute atomic E-state index is 12.4. The van der Waals surface area contributed by atoms with Crippen molar-refractivity contribution in [1.29, 1.82) is 0 Å². The molecule has 4 aliphatic rings. The molecule has 2 fully saturated rings. The molecule has 0 bridgehead atoms. The predicted octanol–water partition coefficient (Wildman–Crippen LogP) is 4.40. The molecule has 0 aromatic heterocycles. The summed E-state index contributed by atoms with van der Waals surface area (Å²) in [6, 6.07) is 0. The van der Waals surface area contributed by atoms with Gasteiger partial charge in [-0.3, -0.25) is 9.59 Å². The number of carbonyl (C=O) groups excluding carboxylic acids is 2. The lowest BCUT2D eigenvalue weighted by atomic mass is 9.51. The van der Waals surface area contributed by atoms with Crippen molar-refractivity contribution in [1.82, 2.24) is 0 Å². The first-order valence-electron chi connectivity index (χ1n) is 8.81. The Morgan fingerprint density at radius 2 is 1.95 bits per heavy atom. The molecule has 2 nitrogen and oxygen atoms in total. The minimum absolute atomic E-state index is 0.0911. The molecule has 22 heavy (non-hydrogen) atoms. The third-order valence-corrected chi connectivity index (χ3v) is 7.39. The zero-order valence-electron chi connectivity index (χ0n) is 14.0. The summed E-state index contributed by atoms with van der Waals surface area (Å²) >= 11 is 0. The Morgan fingerprint density at radius 1 is 1.18 bits per heavy atom. The maximum Gasteiger partial charge on any atom is 0.139 e. The van der Waals surface area contributed by atoms with Gasteiger partial charge in [-0.1, -0.05) is 36.6 Å². The lowest BCUT2D eigenvalue weighted by molar-refractivity contribution is -0.127. The highest BCUT2D eigenvalue weighted by Crippen LogP contribution is 2.62. The molecule has 4 aliphatic carbocycles. The van der Waals surface area contributed by atoms with Crippen molar-refractivity contribution >= 4 is 11.6 Å². The van der Waals surface area contributed by atoms with Crippen LogP contribution in [0.4, 0.5) is 0 Å². The molecule has 2 heteroatoms. The molecule has 2 saturated carbocycles. The van der Waals surface area contributed by atoms with Gasteiger partial charge in [0.15, 0.2) is 0 Å². The van der Waals surface area contributed by atoms with Gasteiger partial charge in [-0.25, -0.2) is 0 Å². The normalized spacial score (nSPS) is 44.4. The first-order chi connectivity index (χ1) is 10.4. The molecule has 0 aromatic carbocycles. The van der Waals surface area contributed by atoms with Gasteiger partial charge in [0.05, 0.1) is 0 Å². The van der Waals surface area contributed by atoms with Crippen LogP contribution < -0.4 is 0 Å². The second-order valence-electron chi connectivity index (χ2n) is 8.47. The molecule has 0 heterocycles. The molecule has 4 rings (SSSR count). The van der Waals surface area contributed by atoms with E-state index in [4.69, 9.17) is 0 Å². The summed E-state index contributed by atoms with van der Waals surface area (Å²) in [5, 5.41) is 0. The van der Waals surface area contributed by atoms with Crippen LogP contribution in [0.1, 0.15) is 65.7 Å². The van der Waals surface area contributed by atoms with Gasteiger partial charge < -0.3 is 0 Å². The number of hydrogen-bond acceptors (Lipinski definition) is 2. The van der Waals surface area contributed by atoms with Gasteiger partial charge in [0.1, 0.15) is 11.6 Å². The molecule has 0 aliphatic heterocycles. The van der Waals surface area contributed by atoms with Gasteiger partial charge in [-0.05, 0) is 44.4 Å². The summed E-state index contributed by atoms with van der Waals surface area (Å²) in [5.41, 5.74) is 4.37. The Hall–Kier alpha value is -1.18. The summed E-state index contributed by atoms with van der Waals surface area (Å²) in [7, 11) is 0. The lowest BCUT2D eigenvalue weighted by Gasteiger charge is -2.52. The molecule has 0 spiro atoms. The van der Waals surface area contributed by atoms with Crippen molar-refractivity contribution in [2.24, 2.45) is 22.7 Å². The Kier molecular flexibility index (Phi) is 2.90. The first-order valence-corrected chi connectivity index (χ1v) is 8.81. The number of rotatable bonds is 0. The third-order valence-electron chi connectivity index (χ3n) is 7.39. The maximum atomic E-state index is 12.4. The molecule has 0 aromatic rings. The zero-order chi connectivity index (χ0) is 15.7. The van der Waals surface area contributed by atoms with E-state index in [0.717, 1.165) is 38.5 Å². The van der Waals surface area contributed by atoms with Crippen LogP contribution in [0.15, 0.2) is 22.8 Å². The fraction of sp³-hybridized carbons (Fsp3) is 0.700. The molecule has 0 N–H and O–H groups in total. The van der Waals surface area contributed by atoms with E-state index in [1.54, 1.807) is 5.57 Å². The number of allylic oxidation sites excluding steroid dienone is 4. The smallest absolute Gasteiger partial charge is 0.139 e. The Morgan fingerprint density at radius 3 is 2.73 bits per heavy atom. The van der Waals surface area contributed by atoms with Gasteiger partial charge in [0.2, 0.25) is 0 Å². The van der Waals surface area contributed by atoms with Gasteiger partial charge in [-0.2, -0.15) is 0 Å². The van der Waals surface area contributed by atoms with Crippen LogP contribution in [0.3, 0.4) is 0 Å². The Bertz CT molecular complexity index is 638. The monoisotopic (exact) mass is 298 g/mol. The van der Waals surface area contributed by atoms with Crippen molar-refractivity contribution in [2.75, 3.05) is 0 Å². The van der Waals surface area contributed by atoms with Gasteiger partial charge in [0, 0.05) is 30.1 Å². The third kappa shape index (κ3) is 1.67. The van der Waals surface area contributed by atoms with Gasteiger partial charge in [-0.15, -0.1) is 0 Å². The average Bonchev–Trinajstić information content (AvgIpc) is 2.77. The topological polar surface area (TPSA) is 34.1 Å². The van der Waals surface area contributed by atoms with Crippen LogP contribution in [0.2, 0.25) is 0 Å². The van der Waals surface area contributed by atoms with E-state index < -0.39 is 0 Å². The first kappa shape index (κ1) is 14.4. The lowest BCUT2D eigenvalue weighted by Crippen LogP contribution is -2.45. The quantitative estimate of drug-likeness (QED) is 0.621. The fourth-order valence-corrected chi connectivity index (χ4v) is 6.00. The van der Waals surface area contributed by atoms with Crippen molar-refractivity contribution in [3.63, 3.8) is 0 Å².